The number of esters is 1. The zero-order valence-corrected chi connectivity index (χ0v) is 21.5. The fraction of sp³-hybridized carbons (Fsp3) is 0.286. The number of aromatic hydroxyl groups is 5. The molecule has 0 amide bonds. The minimum Gasteiger partial charge on any atom is -0.508 e. The fourth-order valence-corrected chi connectivity index (χ4v) is 4.61. The van der Waals surface area contributed by atoms with Gasteiger partial charge in [0.1, 0.15) is 65.7 Å². The fourth-order valence-electron chi connectivity index (χ4n) is 4.61. The third-order valence-electron chi connectivity index (χ3n) is 6.84. The Morgan fingerprint density at radius 1 is 0.857 bits per heavy atom. The van der Waals surface area contributed by atoms with Crippen molar-refractivity contribution in [3.05, 3.63) is 65.2 Å². The summed E-state index contributed by atoms with van der Waals surface area (Å²) >= 11 is 0. The maximum Gasteiger partial charge on any atom is 0.338 e. The highest BCUT2D eigenvalue weighted by molar-refractivity contribution is 6.02. The lowest BCUT2D eigenvalue weighted by molar-refractivity contribution is -0.277. The topological polar surface area (TPSA) is 233 Å². The van der Waals surface area contributed by atoms with Gasteiger partial charge in [-0.25, -0.2) is 4.79 Å². The third kappa shape index (κ3) is 5.56. The normalized spacial score (nSPS) is 25.3. The summed E-state index contributed by atoms with van der Waals surface area (Å²) in [6, 6.07) is 10.0. The summed E-state index contributed by atoms with van der Waals surface area (Å²) in [5.74, 6) is -4.52. The molecule has 2 aliphatic heterocycles. The molecule has 3 aromatic rings. The SMILES string of the molecule is O=C(OC[C@H]1O[C@@H](Oc2cc(O)c3c(c2)O[C@H](c2ccc(O)cc2)CC3=O)[C@H](O)[C@@H](O)[C@@H]1O)c1cc(O)c(O)c(O)c1. The standard InChI is InChI=1S/C28H26O14/c29-13-3-1-11(2-4-13)19-9-16(31)22-15(30)7-14(8-20(22)41-19)40-28-26(37)25(36)24(35)21(42-28)10-39-27(38)12-5-17(32)23(34)18(33)6-12/h1-8,19,21,24-26,28-30,32-37H,9-10H2/t19-,21+,24+,25-,26+,28+/m0/s1. The van der Waals surface area contributed by atoms with Crippen LogP contribution in [0.4, 0.5) is 0 Å². The molecule has 0 saturated carbocycles. The van der Waals surface area contributed by atoms with Crippen molar-refractivity contribution in [2.24, 2.45) is 0 Å². The van der Waals surface area contributed by atoms with E-state index in [0.29, 0.717) is 5.56 Å². The van der Waals surface area contributed by atoms with Gasteiger partial charge in [0, 0.05) is 12.1 Å². The molecule has 1 saturated heterocycles. The van der Waals surface area contributed by atoms with Gasteiger partial charge in [-0.3, -0.25) is 4.79 Å². The van der Waals surface area contributed by atoms with E-state index in [-0.39, 0.29) is 34.8 Å². The third-order valence-corrected chi connectivity index (χ3v) is 6.84. The quantitative estimate of drug-likeness (QED) is 0.149. The second-order valence-electron chi connectivity index (χ2n) is 9.73. The second kappa shape index (κ2) is 11.3. The molecule has 6 atom stereocenters. The summed E-state index contributed by atoms with van der Waals surface area (Å²) < 4.78 is 22.1. The molecule has 5 rings (SSSR count). The van der Waals surface area contributed by atoms with Crippen molar-refractivity contribution < 1.29 is 69.4 Å². The van der Waals surface area contributed by atoms with E-state index in [2.05, 4.69) is 0 Å². The molecule has 0 unspecified atom stereocenters. The van der Waals surface area contributed by atoms with Crippen LogP contribution < -0.4 is 9.47 Å². The first-order valence-electron chi connectivity index (χ1n) is 12.6. The van der Waals surface area contributed by atoms with Gasteiger partial charge in [-0.1, -0.05) is 12.1 Å². The molecule has 14 nitrogen and oxygen atoms in total. The highest BCUT2D eigenvalue weighted by atomic mass is 16.7. The van der Waals surface area contributed by atoms with Crippen molar-refractivity contribution >= 4 is 11.8 Å². The molecule has 42 heavy (non-hydrogen) atoms. The van der Waals surface area contributed by atoms with Crippen LogP contribution in [0.15, 0.2) is 48.5 Å². The second-order valence-corrected chi connectivity index (χ2v) is 9.73. The number of carbonyl (C=O) groups excluding carboxylic acids is 2. The average Bonchev–Trinajstić information content (AvgIpc) is 2.95. The van der Waals surface area contributed by atoms with Crippen LogP contribution in [0.3, 0.4) is 0 Å². The van der Waals surface area contributed by atoms with Crippen LogP contribution in [0, 0.1) is 0 Å². The van der Waals surface area contributed by atoms with E-state index in [0.717, 1.165) is 18.2 Å². The molecular weight excluding hydrogens is 560 g/mol. The first-order chi connectivity index (χ1) is 19.9. The lowest BCUT2D eigenvalue weighted by Crippen LogP contribution is -2.60. The molecule has 2 aliphatic rings. The maximum absolute atomic E-state index is 12.8. The summed E-state index contributed by atoms with van der Waals surface area (Å²) in [5.41, 5.74) is 0.163. The molecule has 14 heteroatoms. The zero-order valence-electron chi connectivity index (χ0n) is 21.5. The van der Waals surface area contributed by atoms with Crippen molar-refractivity contribution in [1.29, 1.82) is 0 Å². The lowest BCUT2D eigenvalue weighted by Gasteiger charge is -2.40. The highest BCUT2D eigenvalue weighted by Gasteiger charge is 2.46. The average molecular weight is 587 g/mol. The number of fused-ring (bicyclic) bond motifs is 1. The summed E-state index contributed by atoms with van der Waals surface area (Å²) in [5, 5.41) is 80.0. The lowest BCUT2D eigenvalue weighted by atomic mass is 9.95. The summed E-state index contributed by atoms with van der Waals surface area (Å²) in [4.78, 5) is 25.2. The molecule has 2 heterocycles. The van der Waals surface area contributed by atoms with Gasteiger partial charge in [-0.15, -0.1) is 0 Å². The van der Waals surface area contributed by atoms with Gasteiger partial charge in [0.05, 0.1) is 12.0 Å². The van der Waals surface area contributed by atoms with Gasteiger partial charge in [-0.2, -0.15) is 0 Å². The van der Waals surface area contributed by atoms with Gasteiger partial charge in [0.15, 0.2) is 23.0 Å². The van der Waals surface area contributed by atoms with Crippen LogP contribution in [0.1, 0.15) is 38.8 Å². The van der Waals surface area contributed by atoms with E-state index in [1.54, 1.807) is 12.1 Å². The number of hydrogen-bond donors (Lipinski definition) is 8. The van der Waals surface area contributed by atoms with Crippen LogP contribution in [0.5, 0.6) is 40.2 Å². The van der Waals surface area contributed by atoms with Crippen LogP contribution in [0.25, 0.3) is 0 Å². The van der Waals surface area contributed by atoms with Crippen molar-refractivity contribution in [1.82, 2.24) is 0 Å². The molecule has 0 spiro atoms. The molecular formula is C28H26O14. The Bertz CT molecular complexity index is 1480. The smallest absolute Gasteiger partial charge is 0.338 e. The molecule has 3 aromatic carbocycles. The number of Topliss-reactive ketones (excluding diaryl/α,β-unsaturated/α-hetero) is 1. The Kier molecular flexibility index (Phi) is 7.71. The molecule has 0 radical (unpaired) electrons. The number of ether oxygens (including phenoxy) is 4. The van der Waals surface area contributed by atoms with Gasteiger partial charge in [0.2, 0.25) is 6.29 Å². The number of ketones is 1. The van der Waals surface area contributed by atoms with Gasteiger partial charge in [-0.05, 0) is 29.8 Å². The zero-order chi connectivity index (χ0) is 30.3. The number of benzene rings is 3. The number of hydrogen-bond acceptors (Lipinski definition) is 14. The van der Waals surface area contributed by atoms with Crippen LogP contribution in [0.2, 0.25) is 0 Å². The van der Waals surface area contributed by atoms with Crippen molar-refractivity contribution in [2.75, 3.05) is 6.61 Å². The van der Waals surface area contributed by atoms with Gasteiger partial charge in [0.25, 0.3) is 0 Å². The van der Waals surface area contributed by atoms with Gasteiger partial charge < -0.3 is 59.8 Å². The van der Waals surface area contributed by atoms with Crippen molar-refractivity contribution in [3.8, 4) is 40.2 Å². The predicted molar refractivity (Wildman–Crippen MR) is 138 cm³/mol. The largest absolute Gasteiger partial charge is 0.508 e. The number of aliphatic hydroxyl groups excluding tert-OH is 3. The maximum atomic E-state index is 12.8. The molecule has 222 valence electrons. The Hall–Kier alpha value is -4.76. The Morgan fingerprint density at radius 2 is 1.52 bits per heavy atom. The Morgan fingerprint density at radius 3 is 2.19 bits per heavy atom. The minimum atomic E-state index is -1.82. The number of rotatable bonds is 6. The monoisotopic (exact) mass is 586 g/mol. The van der Waals surface area contributed by atoms with E-state index in [1.165, 1.54) is 18.2 Å². The van der Waals surface area contributed by atoms with Crippen LogP contribution in [-0.4, -0.2) is 89.9 Å². The Balaban J connectivity index is 1.31. The predicted octanol–water partition coefficient (Wildman–Crippen LogP) is 0.964. The number of aliphatic hydroxyl groups is 3. The van der Waals surface area contributed by atoms with Crippen LogP contribution in [-0.2, 0) is 9.47 Å². The number of phenolic OH excluding ortho intramolecular Hbond substituents is 5. The number of carbonyl (C=O) groups is 2. The summed E-state index contributed by atoms with van der Waals surface area (Å²) in [6.07, 6.45) is -9.26. The number of phenols is 5. The van der Waals surface area contributed by atoms with Crippen molar-refractivity contribution in [2.45, 2.75) is 43.2 Å². The molecule has 0 aromatic heterocycles. The molecule has 8 N–H and O–H groups in total. The van der Waals surface area contributed by atoms with E-state index >= 15 is 0 Å². The molecule has 1 fully saturated rings. The first-order valence-corrected chi connectivity index (χ1v) is 12.6. The molecule has 0 aliphatic carbocycles. The van der Waals surface area contributed by atoms with Gasteiger partial charge >= 0.3 is 5.97 Å². The van der Waals surface area contributed by atoms with E-state index in [1.807, 2.05) is 0 Å². The minimum absolute atomic E-state index is 0.0278. The highest BCUT2D eigenvalue weighted by Crippen LogP contribution is 2.43. The Labute approximate surface area is 236 Å². The van der Waals surface area contributed by atoms with Crippen LogP contribution >= 0.6 is 0 Å². The van der Waals surface area contributed by atoms with E-state index in [9.17, 15) is 50.4 Å². The van der Waals surface area contributed by atoms with Crippen molar-refractivity contribution in [3.63, 3.8) is 0 Å². The van der Waals surface area contributed by atoms with E-state index < -0.39 is 78.2 Å². The summed E-state index contributed by atoms with van der Waals surface area (Å²) in [6.45, 7) is -0.673. The summed E-state index contributed by atoms with van der Waals surface area (Å²) in [7, 11) is 0. The first kappa shape index (κ1) is 28.8. The molecule has 0 bridgehead atoms. The van der Waals surface area contributed by atoms with E-state index in [4.69, 9.17) is 18.9 Å².